The highest BCUT2D eigenvalue weighted by atomic mass is 16.8. The van der Waals surface area contributed by atoms with E-state index >= 15 is 0 Å². The predicted molar refractivity (Wildman–Crippen MR) is 207 cm³/mol. The molecule has 0 bridgehead atoms. The fourth-order valence-electron chi connectivity index (χ4n) is 6.50. The Balaban J connectivity index is 1.34. The number of hydrogen-bond donors (Lipinski definition) is 0. The molecule has 0 spiro atoms. The van der Waals surface area contributed by atoms with E-state index in [1.807, 2.05) is 68.4 Å². The highest BCUT2D eigenvalue weighted by molar-refractivity contribution is 5.60. The van der Waals surface area contributed by atoms with Crippen LogP contribution in [-0.2, 0) is 43.6 Å². The van der Waals surface area contributed by atoms with E-state index in [4.69, 9.17) is 38.0 Å². The maximum Gasteiger partial charge on any atom is 0.528 e. The molecule has 4 aromatic rings. The van der Waals surface area contributed by atoms with Crippen molar-refractivity contribution in [2.24, 2.45) is 0 Å². The number of aryl methyl sites for hydroxylation is 2. The Hall–Kier alpha value is -4.61. The molecule has 0 amide bonds. The second kappa shape index (κ2) is 19.6. The van der Waals surface area contributed by atoms with Crippen molar-refractivity contribution in [3.8, 4) is 17.2 Å². The molecule has 1 unspecified atom stereocenters. The van der Waals surface area contributed by atoms with Gasteiger partial charge in [-0.15, -0.1) is 5.06 Å². The maximum absolute atomic E-state index is 12.9. The van der Waals surface area contributed by atoms with Gasteiger partial charge in [0.1, 0.15) is 22.8 Å². The number of rotatable bonds is 17. The molecular weight excluding hydrogens is 686 g/mol. The van der Waals surface area contributed by atoms with Crippen molar-refractivity contribution in [1.29, 1.82) is 0 Å². The van der Waals surface area contributed by atoms with Gasteiger partial charge in [0.2, 0.25) is 0 Å². The van der Waals surface area contributed by atoms with Gasteiger partial charge < -0.3 is 38.0 Å². The largest absolute Gasteiger partial charge is 0.528 e. The average molecular weight is 742 g/mol. The molecule has 1 heterocycles. The number of piperidine rings is 1. The second-order valence-corrected chi connectivity index (χ2v) is 14.5. The monoisotopic (exact) mass is 741 g/mol. The van der Waals surface area contributed by atoms with Gasteiger partial charge in [-0.1, -0.05) is 66.7 Å². The first-order chi connectivity index (χ1) is 26.0. The summed E-state index contributed by atoms with van der Waals surface area (Å²) in [7, 11) is 3.32. The summed E-state index contributed by atoms with van der Waals surface area (Å²) < 4.78 is 41.8. The molecule has 0 aliphatic carbocycles. The quantitative estimate of drug-likeness (QED) is 0.0773. The number of carbonyl (C=O) groups excluding carboxylic acids is 1. The molecular formula is C44H55NO9. The molecule has 1 saturated heterocycles. The maximum atomic E-state index is 12.9. The third kappa shape index (κ3) is 12.2. The van der Waals surface area contributed by atoms with Gasteiger partial charge in [-0.2, -0.15) is 0 Å². The van der Waals surface area contributed by atoms with Gasteiger partial charge in [0.25, 0.3) is 0 Å². The van der Waals surface area contributed by atoms with Crippen LogP contribution in [0.2, 0.25) is 0 Å². The van der Waals surface area contributed by atoms with Crippen LogP contribution in [0.3, 0.4) is 0 Å². The molecule has 0 N–H and O–H groups in total. The number of carbonyl (C=O) groups is 1. The van der Waals surface area contributed by atoms with Crippen molar-refractivity contribution in [3.63, 3.8) is 0 Å². The molecule has 0 saturated carbocycles. The SMILES string of the molecule is COc1ccc(CO[C@H]2CN(OC(=O)OC(C)(C)C)C[C@@H](OCc3ccc(OC)c(C)c3)C2c2ccc(OCCCOCc3ccccc3)cc2)cc1C. The van der Waals surface area contributed by atoms with Crippen LogP contribution >= 0.6 is 0 Å². The molecule has 290 valence electrons. The van der Waals surface area contributed by atoms with Crippen LogP contribution in [0.5, 0.6) is 17.2 Å². The summed E-state index contributed by atoms with van der Waals surface area (Å²) in [5, 5.41) is 1.59. The van der Waals surface area contributed by atoms with E-state index in [1.54, 1.807) is 40.1 Å². The fourth-order valence-corrected chi connectivity index (χ4v) is 6.50. The average Bonchev–Trinajstić information content (AvgIpc) is 3.14. The Morgan fingerprint density at radius 1 is 0.704 bits per heavy atom. The molecule has 10 nitrogen and oxygen atoms in total. The topological polar surface area (TPSA) is 94.2 Å². The third-order valence-electron chi connectivity index (χ3n) is 9.09. The molecule has 0 aromatic heterocycles. The van der Waals surface area contributed by atoms with Crippen LogP contribution in [0.15, 0.2) is 91.0 Å². The lowest BCUT2D eigenvalue weighted by molar-refractivity contribution is -0.209. The van der Waals surface area contributed by atoms with Crippen molar-refractivity contribution >= 4 is 6.16 Å². The molecule has 4 aromatic carbocycles. The van der Waals surface area contributed by atoms with E-state index in [2.05, 4.69) is 36.4 Å². The Bertz CT molecular complexity index is 1690. The molecule has 3 atom stereocenters. The normalized spacial score (nSPS) is 17.5. The molecule has 54 heavy (non-hydrogen) atoms. The van der Waals surface area contributed by atoms with E-state index in [1.165, 1.54) is 0 Å². The van der Waals surface area contributed by atoms with E-state index < -0.39 is 24.0 Å². The fraction of sp³-hybridized carbons (Fsp3) is 0.432. The summed E-state index contributed by atoms with van der Waals surface area (Å²) in [6.07, 6.45) is -0.840. The van der Waals surface area contributed by atoms with E-state index in [-0.39, 0.29) is 5.92 Å². The van der Waals surface area contributed by atoms with Crippen LogP contribution in [0.1, 0.15) is 66.5 Å². The summed E-state index contributed by atoms with van der Waals surface area (Å²) in [6.45, 7) is 12.4. The van der Waals surface area contributed by atoms with Crippen molar-refractivity contribution in [1.82, 2.24) is 5.06 Å². The highest BCUT2D eigenvalue weighted by Gasteiger charge is 2.41. The molecule has 1 aliphatic rings. The highest BCUT2D eigenvalue weighted by Crippen LogP contribution is 2.36. The van der Waals surface area contributed by atoms with Crippen LogP contribution in [0.25, 0.3) is 0 Å². The van der Waals surface area contributed by atoms with Gasteiger partial charge in [-0.05, 0) is 92.3 Å². The number of benzene rings is 4. The van der Waals surface area contributed by atoms with Crippen LogP contribution in [-0.4, -0.2) is 69.6 Å². The Kier molecular flexibility index (Phi) is 14.8. The van der Waals surface area contributed by atoms with E-state index in [9.17, 15) is 4.79 Å². The minimum absolute atomic E-state index is 0.206. The molecule has 1 aliphatic heterocycles. The first-order valence-corrected chi connectivity index (χ1v) is 18.5. The molecule has 10 heteroatoms. The molecule has 5 rings (SSSR count). The smallest absolute Gasteiger partial charge is 0.496 e. The van der Waals surface area contributed by atoms with Crippen molar-refractivity contribution in [2.75, 3.05) is 40.5 Å². The number of nitrogens with zero attached hydrogens (tertiary/aromatic N) is 1. The molecule has 1 fully saturated rings. The summed E-state index contributed by atoms with van der Waals surface area (Å²) in [6, 6.07) is 30.2. The van der Waals surface area contributed by atoms with Gasteiger partial charge in [0, 0.05) is 12.3 Å². The Labute approximate surface area is 320 Å². The van der Waals surface area contributed by atoms with Gasteiger partial charge in [0.15, 0.2) is 0 Å². The lowest BCUT2D eigenvalue weighted by Gasteiger charge is -2.42. The van der Waals surface area contributed by atoms with Gasteiger partial charge in [0.05, 0.1) is 72.6 Å². The number of hydroxylamine groups is 2. The zero-order chi connectivity index (χ0) is 38.5. The van der Waals surface area contributed by atoms with Gasteiger partial charge >= 0.3 is 6.16 Å². The zero-order valence-electron chi connectivity index (χ0n) is 32.7. The summed E-state index contributed by atoms with van der Waals surface area (Å²) in [5.74, 6) is 2.19. The summed E-state index contributed by atoms with van der Waals surface area (Å²) >= 11 is 0. The molecule has 0 radical (unpaired) electrons. The first kappa shape index (κ1) is 40.6. The predicted octanol–water partition coefficient (Wildman–Crippen LogP) is 8.74. The number of methoxy groups -OCH3 is 2. The minimum Gasteiger partial charge on any atom is -0.496 e. The standard InChI is InChI=1S/C44H55NO9/c1-31-24-34(14-20-38(31)47-6)29-51-40-26-45(54-43(46)53-44(3,4)5)27-41(52-30-35-15-21-39(48-7)32(2)25-35)42(40)36-16-18-37(19-17-36)50-23-11-22-49-28-33-12-9-8-10-13-33/h8-10,12-21,24-25,40-42H,11,22-23,26-30H2,1-7H3/t40-,41+,42?. The Morgan fingerprint density at radius 2 is 1.28 bits per heavy atom. The van der Waals surface area contributed by atoms with Crippen molar-refractivity contribution < 1.29 is 42.8 Å². The first-order valence-electron chi connectivity index (χ1n) is 18.5. The van der Waals surface area contributed by atoms with E-state index in [0.29, 0.717) is 46.1 Å². The lowest BCUT2D eigenvalue weighted by atomic mass is 9.85. The summed E-state index contributed by atoms with van der Waals surface area (Å²) in [5.41, 5.74) is 5.50. The lowest BCUT2D eigenvalue weighted by Crippen LogP contribution is -2.53. The summed E-state index contributed by atoms with van der Waals surface area (Å²) in [4.78, 5) is 18.7. The van der Waals surface area contributed by atoms with Crippen LogP contribution < -0.4 is 14.2 Å². The van der Waals surface area contributed by atoms with Crippen molar-refractivity contribution in [2.45, 2.75) is 84.6 Å². The number of hydrogen-bond acceptors (Lipinski definition) is 10. The van der Waals surface area contributed by atoms with E-state index in [0.717, 1.165) is 57.1 Å². The van der Waals surface area contributed by atoms with Gasteiger partial charge in [-0.25, -0.2) is 4.79 Å². The van der Waals surface area contributed by atoms with Crippen LogP contribution in [0.4, 0.5) is 4.79 Å². The second-order valence-electron chi connectivity index (χ2n) is 14.5. The minimum atomic E-state index is -0.776. The third-order valence-corrected chi connectivity index (χ3v) is 9.09. The zero-order valence-corrected chi connectivity index (χ0v) is 32.7. The van der Waals surface area contributed by atoms with Crippen LogP contribution in [0, 0.1) is 13.8 Å². The van der Waals surface area contributed by atoms with Gasteiger partial charge in [-0.3, -0.25) is 0 Å². The number of ether oxygens (including phenoxy) is 7. The Morgan fingerprint density at radius 3 is 1.80 bits per heavy atom. The van der Waals surface area contributed by atoms with Crippen molar-refractivity contribution in [3.05, 3.63) is 124 Å².